The molecule has 3 aliphatic heterocycles. The van der Waals surface area contributed by atoms with Gasteiger partial charge < -0.3 is 41.4 Å². The zero-order chi connectivity index (χ0) is 30.2. The summed E-state index contributed by atoms with van der Waals surface area (Å²) in [6.45, 7) is -0.497. The van der Waals surface area contributed by atoms with Crippen molar-refractivity contribution >= 4 is 34.2 Å². The SMILES string of the molecule is Nc1nc2c(ncn2[C@@H]2O[C@H](C3C=CN([C@H]4[C@@H](O)[C@H](n5cnc6c(=O)[nH]c(N)nc65)O[C@@H]4CO)N=N3)[C@@H](O)[C@H]2O)c(=O)[nH]1. The van der Waals surface area contributed by atoms with Crippen molar-refractivity contribution in [2.45, 2.75) is 55.1 Å². The summed E-state index contributed by atoms with van der Waals surface area (Å²) < 4.78 is 14.5. The Labute approximate surface area is 237 Å². The van der Waals surface area contributed by atoms with Crippen LogP contribution in [0.4, 0.5) is 11.9 Å². The summed E-state index contributed by atoms with van der Waals surface area (Å²) >= 11 is 0. The Balaban J connectivity index is 1.11. The van der Waals surface area contributed by atoms with Gasteiger partial charge in [0.2, 0.25) is 11.9 Å². The van der Waals surface area contributed by atoms with Gasteiger partial charge in [-0.1, -0.05) is 5.22 Å². The molecule has 0 spiro atoms. The number of ether oxygens (including phenoxy) is 2. The van der Waals surface area contributed by atoms with Gasteiger partial charge in [-0.2, -0.15) is 15.1 Å². The number of nitrogens with zero attached hydrogens (tertiary/aromatic N) is 9. The van der Waals surface area contributed by atoms with Crippen molar-refractivity contribution in [2.75, 3.05) is 18.1 Å². The Morgan fingerprint density at radius 3 is 1.98 bits per heavy atom. The highest BCUT2D eigenvalue weighted by Gasteiger charge is 2.50. The smallest absolute Gasteiger partial charge is 0.280 e. The number of H-pyrrole nitrogens is 2. The van der Waals surface area contributed by atoms with E-state index in [0.717, 1.165) is 0 Å². The minimum atomic E-state index is -1.45. The summed E-state index contributed by atoms with van der Waals surface area (Å²) in [5, 5.41) is 52.5. The van der Waals surface area contributed by atoms with Gasteiger partial charge in [-0.3, -0.25) is 28.7 Å². The van der Waals surface area contributed by atoms with E-state index in [9.17, 15) is 30.0 Å². The van der Waals surface area contributed by atoms with E-state index in [4.69, 9.17) is 20.9 Å². The van der Waals surface area contributed by atoms with Crippen LogP contribution in [-0.2, 0) is 9.47 Å². The standard InChI is InChI=1S/C22H25N13O8/c23-21-27-15-8(17(40)29-21)25-4-33(15)19-11(37)10(7(3-36)42-19)35-2-1-6(31-32-35)14-12(38)13(39)20(43-14)34-5-26-9-16(34)28-22(24)30-18(9)41/h1-2,4-7,10-14,19-20,36-39H,3H2,(H3,23,27,29,40)(H3,24,28,30,41)/t6?,7-,10-,11-,12+,13-,14-,19-,20-/m1/s1. The van der Waals surface area contributed by atoms with Crippen molar-refractivity contribution in [1.29, 1.82) is 0 Å². The number of nitrogens with two attached hydrogens (primary N) is 2. The molecule has 7 rings (SSSR count). The van der Waals surface area contributed by atoms with Gasteiger partial charge in [-0.15, -0.1) is 0 Å². The second-order valence-electron chi connectivity index (χ2n) is 10.2. The van der Waals surface area contributed by atoms with E-state index in [1.807, 2.05) is 0 Å². The summed E-state index contributed by atoms with van der Waals surface area (Å²) in [5.74, 6) is -0.315. The lowest BCUT2D eigenvalue weighted by Crippen LogP contribution is -2.45. The fourth-order valence-corrected chi connectivity index (χ4v) is 5.59. The fraction of sp³-hybridized carbons (Fsp3) is 0.455. The van der Waals surface area contributed by atoms with Crippen LogP contribution in [-0.4, -0.2) is 114 Å². The molecule has 1 unspecified atom stereocenters. The molecular weight excluding hydrogens is 574 g/mol. The number of hydrogen-bond acceptors (Lipinski definition) is 17. The molecule has 0 radical (unpaired) electrons. The topological polar surface area (TPSA) is 307 Å². The lowest BCUT2D eigenvalue weighted by atomic mass is 10.0. The quantitative estimate of drug-likeness (QED) is 0.109. The molecule has 43 heavy (non-hydrogen) atoms. The molecular formula is C22H25N13O8. The number of rotatable bonds is 5. The molecule has 0 aromatic carbocycles. The van der Waals surface area contributed by atoms with Gasteiger partial charge in [0.1, 0.15) is 42.6 Å². The number of nitrogen functional groups attached to an aromatic ring is 2. The molecule has 4 aromatic rings. The van der Waals surface area contributed by atoms with Crippen molar-refractivity contribution in [3.8, 4) is 0 Å². The highest BCUT2D eigenvalue weighted by molar-refractivity contribution is 5.71. The molecule has 21 nitrogen and oxygen atoms in total. The minimum absolute atomic E-state index is 0.0141. The maximum Gasteiger partial charge on any atom is 0.280 e. The van der Waals surface area contributed by atoms with Crippen LogP contribution in [0.1, 0.15) is 12.5 Å². The predicted molar refractivity (Wildman–Crippen MR) is 141 cm³/mol. The number of aromatic amines is 2. The first kappa shape index (κ1) is 27.1. The summed E-state index contributed by atoms with van der Waals surface area (Å²) in [6, 6.07) is -1.81. The van der Waals surface area contributed by atoms with Crippen LogP contribution in [0, 0.1) is 0 Å². The minimum Gasteiger partial charge on any atom is -0.394 e. The lowest BCUT2D eigenvalue weighted by molar-refractivity contribution is -0.0497. The van der Waals surface area contributed by atoms with Gasteiger partial charge in [0.05, 0.1) is 19.3 Å². The Hall–Kier alpha value is -4.80. The van der Waals surface area contributed by atoms with Crippen LogP contribution in [0.15, 0.2) is 44.9 Å². The van der Waals surface area contributed by atoms with Gasteiger partial charge >= 0.3 is 0 Å². The van der Waals surface area contributed by atoms with Gasteiger partial charge in [0.25, 0.3) is 11.1 Å². The van der Waals surface area contributed by atoms with Crippen molar-refractivity contribution < 1.29 is 29.9 Å². The molecule has 0 amide bonds. The third-order valence-electron chi connectivity index (χ3n) is 7.61. The number of anilines is 2. The number of aliphatic hydroxyl groups is 4. The first-order chi connectivity index (χ1) is 20.7. The molecule has 0 saturated carbocycles. The van der Waals surface area contributed by atoms with Crippen LogP contribution in [0.5, 0.6) is 0 Å². The monoisotopic (exact) mass is 599 g/mol. The number of hydrogen-bond donors (Lipinski definition) is 8. The maximum absolute atomic E-state index is 12.2. The summed E-state index contributed by atoms with van der Waals surface area (Å²) in [4.78, 5) is 45.2. The molecule has 226 valence electrons. The van der Waals surface area contributed by atoms with E-state index in [1.54, 1.807) is 0 Å². The second kappa shape index (κ2) is 9.89. The van der Waals surface area contributed by atoms with Crippen LogP contribution in [0.3, 0.4) is 0 Å². The normalized spacial score (nSPS) is 32.5. The molecule has 0 bridgehead atoms. The molecule has 9 atom stereocenters. The summed E-state index contributed by atoms with van der Waals surface area (Å²) in [6.07, 6.45) is -2.98. The number of aliphatic hydroxyl groups excluding tert-OH is 4. The molecule has 7 heterocycles. The van der Waals surface area contributed by atoms with Crippen molar-refractivity contribution in [1.82, 2.24) is 44.0 Å². The van der Waals surface area contributed by atoms with Gasteiger partial charge in [-0.05, 0) is 6.08 Å². The van der Waals surface area contributed by atoms with E-state index in [0.29, 0.717) is 0 Å². The second-order valence-corrected chi connectivity index (χ2v) is 10.2. The lowest BCUT2D eigenvalue weighted by Gasteiger charge is -2.30. The number of nitrogens with one attached hydrogen (secondary N) is 2. The number of fused-ring (bicyclic) bond motifs is 2. The van der Waals surface area contributed by atoms with E-state index in [1.165, 1.54) is 39.1 Å². The zero-order valence-electron chi connectivity index (χ0n) is 21.8. The fourth-order valence-electron chi connectivity index (χ4n) is 5.59. The van der Waals surface area contributed by atoms with Crippen molar-refractivity contribution in [2.24, 2.45) is 10.3 Å². The molecule has 0 aliphatic carbocycles. The molecule has 2 fully saturated rings. The Morgan fingerprint density at radius 1 is 0.860 bits per heavy atom. The molecule has 3 aliphatic rings. The summed E-state index contributed by atoms with van der Waals surface area (Å²) in [5.41, 5.74) is 10.3. The Morgan fingerprint density at radius 2 is 1.44 bits per heavy atom. The van der Waals surface area contributed by atoms with E-state index in [-0.39, 0.29) is 34.2 Å². The van der Waals surface area contributed by atoms with Crippen LogP contribution in [0.25, 0.3) is 22.3 Å². The van der Waals surface area contributed by atoms with Gasteiger partial charge in [0, 0.05) is 6.20 Å². The zero-order valence-corrected chi connectivity index (χ0v) is 21.8. The maximum atomic E-state index is 12.2. The molecule has 2 saturated heterocycles. The van der Waals surface area contributed by atoms with Gasteiger partial charge in [0.15, 0.2) is 34.8 Å². The van der Waals surface area contributed by atoms with Crippen molar-refractivity contribution in [3.63, 3.8) is 0 Å². The number of aromatic nitrogens is 8. The third-order valence-corrected chi connectivity index (χ3v) is 7.61. The largest absolute Gasteiger partial charge is 0.394 e. The van der Waals surface area contributed by atoms with E-state index >= 15 is 0 Å². The first-order valence-corrected chi connectivity index (χ1v) is 12.9. The first-order valence-electron chi connectivity index (χ1n) is 12.9. The third kappa shape index (κ3) is 4.16. The Bertz CT molecular complexity index is 1870. The Kier molecular flexibility index (Phi) is 6.22. The van der Waals surface area contributed by atoms with Crippen LogP contribution >= 0.6 is 0 Å². The van der Waals surface area contributed by atoms with Crippen LogP contribution in [0.2, 0.25) is 0 Å². The van der Waals surface area contributed by atoms with Crippen molar-refractivity contribution in [3.05, 3.63) is 45.6 Å². The molecule has 4 aromatic heterocycles. The summed E-state index contributed by atoms with van der Waals surface area (Å²) in [7, 11) is 0. The highest BCUT2D eigenvalue weighted by Crippen LogP contribution is 2.37. The molecule has 10 N–H and O–H groups in total. The average Bonchev–Trinajstić information content (AvgIpc) is 3.73. The molecule has 21 heteroatoms. The van der Waals surface area contributed by atoms with E-state index in [2.05, 4.69) is 40.2 Å². The average molecular weight is 600 g/mol. The number of imidazole rings is 2. The van der Waals surface area contributed by atoms with Crippen LogP contribution < -0.4 is 22.6 Å². The van der Waals surface area contributed by atoms with E-state index < -0.39 is 72.8 Å². The highest BCUT2D eigenvalue weighted by atomic mass is 16.6. The predicted octanol–water partition coefficient (Wildman–Crippen LogP) is -3.78. The van der Waals surface area contributed by atoms with Gasteiger partial charge in [-0.25, -0.2) is 15.0 Å².